The lowest BCUT2D eigenvalue weighted by molar-refractivity contribution is 0.327. The van der Waals surface area contributed by atoms with E-state index in [4.69, 9.17) is 18.0 Å². The molecule has 3 heterocycles. The van der Waals surface area contributed by atoms with Gasteiger partial charge in [0, 0.05) is 37.7 Å². The minimum atomic E-state index is -1.62. The second kappa shape index (κ2) is 13.7. The lowest BCUT2D eigenvalue weighted by atomic mass is 9.87. The molecule has 0 fully saturated rings. The van der Waals surface area contributed by atoms with Gasteiger partial charge in [-0.3, -0.25) is 14.5 Å². The molecule has 374 valence electrons. The third-order valence-electron chi connectivity index (χ3n) is 13.0. The Balaban J connectivity index is 1.34. The zero-order chi connectivity index (χ0) is 54.0. The molecule has 0 saturated heterocycles. The molecule has 74 heavy (non-hydrogen) atoms. The Morgan fingerprint density at radius 3 is 1.20 bits per heavy atom. The molecule has 26 N–H and O–H groups in total. The first-order valence-electron chi connectivity index (χ1n) is 20.2. The van der Waals surface area contributed by atoms with Crippen LogP contribution in [0.15, 0.2) is 9.41 Å². The summed E-state index contributed by atoms with van der Waals surface area (Å²) in [7, 11) is 6.42. The minimum absolute atomic E-state index is 0.260. The molecule has 0 aliphatic heterocycles. The number of nitrogens with one attached hydrogen (secondary N) is 1. The van der Waals surface area contributed by atoms with E-state index in [1.807, 2.05) is 0 Å². The van der Waals surface area contributed by atoms with Crippen molar-refractivity contribution in [3.8, 4) is 138 Å². The van der Waals surface area contributed by atoms with E-state index in [0.29, 0.717) is 4.57 Å². The number of phenolic OH excluding ortho intramolecular Hbond substituents is 23. The van der Waals surface area contributed by atoms with Crippen LogP contribution in [0.2, 0.25) is 0 Å². The summed E-state index contributed by atoms with van der Waals surface area (Å²) in [5, 5.41) is 258. The SMILES string of the molecule is [B]c1c(O)c2c3c(O)c(O)c(O)c(O)c3n(C(=N)/N=C(\N)c3c(O)c(O)c4c(c3O)c3c(O)c(O)c(O)c5oc6c(O)c(O)c(O)c4c6c53)c2c2c1c1c(O)c(O)c(O)c(O)c1n2-c1c(O)c(O)c(O)c(O)c1O. The van der Waals surface area contributed by atoms with E-state index in [2.05, 4.69) is 4.99 Å². The number of benzene rings is 8. The second-order valence-electron chi connectivity index (χ2n) is 16.6. The molecule has 8 aromatic carbocycles. The zero-order valence-electron chi connectivity index (χ0n) is 35.7. The Bertz CT molecular complexity index is 4600. The van der Waals surface area contributed by atoms with Crippen molar-refractivity contribution in [3.63, 3.8) is 0 Å². The van der Waals surface area contributed by atoms with Gasteiger partial charge >= 0.3 is 0 Å². The number of rotatable bonds is 2. The van der Waals surface area contributed by atoms with Crippen LogP contribution in [0.4, 0.5) is 0 Å². The average molecular weight is 1020 g/mol. The van der Waals surface area contributed by atoms with Gasteiger partial charge in [-0.05, 0) is 5.46 Å². The molecular formula is C44H26BN5O24. The van der Waals surface area contributed by atoms with Crippen molar-refractivity contribution in [1.29, 1.82) is 5.41 Å². The zero-order valence-corrected chi connectivity index (χ0v) is 35.7. The summed E-state index contributed by atoms with van der Waals surface area (Å²) < 4.78 is 6.05. The molecule has 29 nitrogen and oxygen atoms in total. The Morgan fingerprint density at radius 2 is 0.703 bits per heavy atom. The van der Waals surface area contributed by atoms with E-state index < -0.39 is 248 Å². The monoisotopic (exact) mass is 1020 g/mol. The number of hydrogen-bond donors (Lipinski definition) is 25. The molecule has 11 aromatic rings. The van der Waals surface area contributed by atoms with Crippen LogP contribution in [-0.4, -0.2) is 146 Å². The predicted molar refractivity (Wildman–Crippen MR) is 251 cm³/mol. The molecule has 0 bridgehead atoms. The number of amidine groups is 1. The molecular weight excluding hydrogens is 993 g/mol. The standard InChI is InChI=1S/C44H26BN5O24/c45-12-7-8-15(26(59)34(67)30(63)23(8)56)49(17-28(61)36(69)38(71)37(70)29(17)62)13(7)14-9(19(12)52)10-16(27(60)35(68)31(64)24(10)57)50(14)44(47)48-43(46)11-18(51)1-2(20(53)25(11)58)4-6-5-3(1)21(54)32(65)39(72)41(5)74-42(6)40(73)33(66)22(4)55/h51-73H,(H3,46,47,48). The van der Waals surface area contributed by atoms with Crippen LogP contribution in [0.25, 0.3) is 92.8 Å². The van der Waals surface area contributed by atoms with Crippen molar-refractivity contribution in [2.45, 2.75) is 0 Å². The summed E-state index contributed by atoms with van der Waals surface area (Å²) in [4.78, 5) is 3.86. The molecule has 0 atom stereocenters. The van der Waals surface area contributed by atoms with Crippen molar-refractivity contribution in [3.05, 3.63) is 5.56 Å². The van der Waals surface area contributed by atoms with Crippen LogP contribution in [0.1, 0.15) is 5.56 Å². The Hall–Kier alpha value is -11.5. The van der Waals surface area contributed by atoms with Crippen LogP contribution in [0.3, 0.4) is 0 Å². The normalized spacial score (nSPS) is 12.5. The Kier molecular flexibility index (Phi) is 8.31. The first kappa shape index (κ1) is 45.0. The van der Waals surface area contributed by atoms with Gasteiger partial charge in [0.25, 0.3) is 0 Å². The summed E-state index contributed by atoms with van der Waals surface area (Å²) in [5.74, 6) is -36.2. The Labute approximate surface area is 402 Å². The lowest BCUT2D eigenvalue weighted by Crippen LogP contribution is -2.19. The van der Waals surface area contributed by atoms with Gasteiger partial charge in [-0.2, -0.15) is 4.99 Å². The van der Waals surface area contributed by atoms with Gasteiger partial charge in [0.15, 0.2) is 68.7 Å². The maximum absolute atomic E-state index is 12.1. The third kappa shape index (κ3) is 4.75. The van der Waals surface area contributed by atoms with E-state index in [-0.39, 0.29) is 4.57 Å². The highest BCUT2D eigenvalue weighted by Gasteiger charge is 2.39. The van der Waals surface area contributed by atoms with Crippen molar-refractivity contribution < 1.29 is 122 Å². The van der Waals surface area contributed by atoms with Crippen LogP contribution >= 0.6 is 0 Å². The fourth-order valence-corrected chi connectivity index (χ4v) is 9.78. The average Bonchev–Trinajstić information content (AvgIpc) is 4.07. The largest absolute Gasteiger partial charge is 0.508 e. The maximum Gasteiger partial charge on any atom is 0.229 e. The van der Waals surface area contributed by atoms with Gasteiger partial charge < -0.3 is 128 Å². The highest BCUT2D eigenvalue weighted by atomic mass is 16.4. The number of furan rings is 1. The van der Waals surface area contributed by atoms with Gasteiger partial charge in [-0.15, -0.1) is 0 Å². The number of nitrogens with zero attached hydrogens (tertiary/aromatic N) is 3. The number of hydrogen-bond acceptors (Lipinski definition) is 25. The van der Waals surface area contributed by atoms with Gasteiger partial charge in [-0.25, -0.2) is 0 Å². The Morgan fingerprint density at radius 1 is 0.351 bits per heavy atom. The van der Waals surface area contributed by atoms with Crippen molar-refractivity contribution in [2.24, 2.45) is 10.7 Å². The van der Waals surface area contributed by atoms with Crippen molar-refractivity contribution >= 4 is 112 Å². The smallest absolute Gasteiger partial charge is 0.229 e. The molecule has 11 rings (SSSR count). The summed E-state index contributed by atoms with van der Waals surface area (Å²) in [5.41, 5.74) is -2.98. The minimum Gasteiger partial charge on any atom is -0.508 e. The molecule has 0 aliphatic rings. The molecule has 0 aliphatic carbocycles. The quantitative estimate of drug-likeness (QED) is 0.0295. The predicted octanol–water partition coefficient (Wildman–Crippen LogP) is 2.75. The van der Waals surface area contributed by atoms with E-state index in [1.54, 1.807) is 0 Å². The van der Waals surface area contributed by atoms with Crippen LogP contribution in [0, 0.1) is 5.41 Å². The van der Waals surface area contributed by atoms with E-state index >= 15 is 0 Å². The third-order valence-corrected chi connectivity index (χ3v) is 13.0. The molecule has 0 unspecified atom stereocenters. The summed E-state index contributed by atoms with van der Waals surface area (Å²) in [6, 6.07) is 0. The van der Waals surface area contributed by atoms with Crippen LogP contribution < -0.4 is 11.2 Å². The van der Waals surface area contributed by atoms with Gasteiger partial charge in [0.1, 0.15) is 47.5 Å². The summed E-state index contributed by atoms with van der Waals surface area (Å²) in [6.07, 6.45) is 0. The summed E-state index contributed by atoms with van der Waals surface area (Å²) in [6.45, 7) is 0. The highest BCUT2D eigenvalue weighted by molar-refractivity contribution is 6.49. The fraction of sp³-hybridized carbons (Fsp3) is 0. The first-order valence-corrected chi connectivity index (χ1v) is 20.2. The second-order valence-corrected chi connectivity index (χ2v) is 16.6. The maximum atomic E-state index is 12.1. The van der Waals surface area contributed by atoms with E-state index in [9.17, 15) is 123 Å². The fourth-order valence-electron chi connectivity index (χ4n) is 9.78. The number of phenols is 23. The number of nitrogens with two attached hydrogens (primary N) is 1. The number of aliphatic imine (C=N–C) groups is 1. The summed E-state index contributed by atoms with van der Waals surface area (Å²) >= 11 is 0. The molecule has 0 saturated carbocycles. The lowest BCUT2D eigenvalue weighted by Gasteiger charge is -2.18. The molecule has 30 heteroatoms. The van der Waals surface area contributed by atoms with Crippen molar-refractivity contribution in [1.82, 2.24) is 9.13 Å². The van der Waals surface area contributed by atoms with Gasteiger partial charge in [-0.1, -0.05) is 0 Å². The number of aromatic hydroxyl groups is 23. The van der Waals surface area contributed by atoms with Crippen molar-refractivity contribution in [2.75, 3.05) is 0 Å². The molecule has 2 radical (unpaired) electrons. The molecule has 0 amide bonds. The molecule has 3 aromatic heterocycles. The number of aromatic nitrogens is 2. The number of fused-ring (bicyclic) bond motifs is 10. The highest BCUT2D eigenvalue weighted by Crippen LogP contribution is 2.64. The van der Waals surface area contributed by atoms with Crippen LogP contribution in [0.5, 0.6) is 132 Å². The topological polar surface area (TPSA) is 551 Å². The van der Waals surface area contributed by atoms with Gasteiger partial charge in [0.05, 0.1) is 27.2 Å². The van der Waals surface area contributed by atoms with E-state index in [0.717, 1.165) is 0 Å². The van der Waals surface area contributed by atoms with Gasteiger partial charge in [0.2, 0.25) is 69.2 Å². The first-order chi connectivity index (χ1) is 34.6. The van der Waals surface area contributed by atoms with Crippen LogP contribution in [-0.2, 0) is 0 Å². The molecule has 0 spiro atoms. The van der Waals surface area contributed by atoms with E-state index in [1.165, 1.54) is 0 Å².